The molecule has 1 fully saturated rings. The third-order valence-corrected chi connectivity index (χ3v) is 7.14. The number of ether oxygens (including phenoxy) is 1. The lowest BCUT2D eigenvalue weighted by atomic mass is 9.95. The van der Waals surface area contributed by atoms with Gasteiger partial charge < -0.3 is 9.84 Å². The Morgan fingerprint density at radius 3 is 2.72 bits per heavy atom. The minimum Gasteiger partial charge on any atom is -0.507 e. The van der Waals surface area contributed by atoms with Crippen molar-refractivity contribution < 1.29 is 19.4 Å². The van der Waals surface area contributed by atoms with Crippen LogP contribution < -0.4 is 9.64 Å². The SMILES string of the molecule is CCCCOc1cccc(C2/C(=C(\O)c3ccncc3)C(=O)C(=O)N2c2nc3ccc(Cl)cc3s2)c1. The summed E-state index contributed by atoms with van der Waals surface area (Å²) < 4.78 is 6.66. The highest BCUT2D eigenvalue weighted by atomic mass is 35.5. The number of aliphatic hydroxyl groups is 1. The molecule has 7 nitrogen and oxygen atoms in total. The average molecular weight is 520 g/mol. The van der Waals surface area contributed by atoms with Crippen LogP contribution in [0.2, 0.25) is 5.02 Å². The largest absolute Gasteiger partial charge is 0.507 e. The van der Waals surface area contributed by atoms with Gasteiger partial charge in [-0.25, -0.2) is 4.98 Å². The molecule has 2 aromatic heterocycles. The van der Waals surface area contributed by atoms with E-state index in [9.17, 15) is 14.7 Å². The molecule has 182 valence electrons. The molecule has 2 aromatic carbocycles. The van der Waals surface area contributed by atoms with Crippen molar-refractivity contribution >= 4 is 55.7 Å². The number of aromatic nitrogens is 2. The number of carbonyl (C=O) groups excluding carboxylic acids is 2. The number of rotatable bonds is 7. The molecule has 5 rings (SSSR count). The molecule has 1 aliphatic rings. The van der Waals surface area contributed by atoms with Crippen molar-refractivity contribution in [1.82, 2.24) is 9.97 Å². The first-order valence-corrected chi connectivity index (χ1v) is 12.7. The van der Waals surface area contributed by atoms with E-state index in [1.54, 1.807) is 48.5 Å². The first-order valence-electron chi connectivity index (χ1n) is 11.5. The van der Waals surface area contributed by atoms with Crippen LogP contribution in [0.5, 0.6) is 5.75 Å². The molecule has 1 atom stereocenters. The number of anilines is 1. The number of aliphatic hydroxyl groups excluding tert-OH is 1. The average Bonchev–Trinajstić information content (AvgIpc) is 3.42. The summed E-state index contributed by atoms with van der Waals surface area (Å²) >= 11 is 7.41. The van der Waals surface area contributed by atoms with Crippen molar-refractivity contribution in [3.8, 4) is 5.75 Å². The Kier molecular flexibility index (Phi) is 6.71. The number of thiazole rings is 1. The van der Waals surface area contributed by atoms with Crippen LogP contribution in [0, 0.1) is 0 Å². The first-order chi connectivity index (χ1) is 17.5. The normalized spacial score (nSPS) is 17.2. The van der Waals surface area contributed by atoms with Crippen LogP contribution in [0.25, 0.3) is 16.0 Å². The third-order valence-electron chi connectivity index (χ3n) is 5.88. The molecule has 1 aliphatic heterocycles. The summed E-state index contributed by atoms with van der Waals surface area (Å²) in [5.74, 6) is -1.21. The van der Waals surface area contributed by atoms with Crippen molar-refractivity contribution in [2.75, 3.05) is 11.5 Å². The molecule has 0 spiro atoms. The van der Waals surface area contributed by atoms with Crippen molar-refractivity contribution in [2.45, 2.75) is 25.8 Å². The van der Waals surface area contributed by atoms with Gasteiger partial charge in [0.15, 0.2) is 5.13 Å². The fraction of sp³-hybridized carbons (Fsp3) is 0.185. The Morgan fingerprint density at radius 2 is 1.94 bits per heavy atom. The van der Waals surface area contributed by atoms with Gasteiger partial charge in [0, 0.05) is 23.0 Å². The van der Waals surface area contributed by atoms with E-state index in [2.05, 4.69) is 16.9 Å². The van der Waals surface area contributed by atoms with E-state index in [4.69, 9.17) is 16.3 Å². The predicted octanol–water partition coefficient (Wildman–Crippen LogP) is 6.15. The zero-order valence-corrected chi connectivity index (χ0v) is 20.9. The second-order valence-electron chi connectivity index (χ2n) is 8.29. The van der Waals surface area contributed by atoms with E-state index >= 15 is 0 Å². The van der Waals surface area contributed by atoms with E-state index in [0.717, 1.165) is 17.5 Å². The number of Topliss-reactive ketones (excluding diaryl/α,β-unsaturated/α-hetero) is 1. The van der Waals surface area contributed by atoms with E-state index in [-0.39, 0.29) is 11.3 Å². The smallest absolute Gasteiger partial charge is 0.301 e. The number of ketones is 1. The zero-order chi connectivity index (χ0) is 25.2. The highest BCUT2D eigenvalue weighted by Gasteiger charge is 2.48. The minimum absolute atomic E-state index is 0.0193. The second kappa shape index (κ2) is 10.1. The lowest BCUT2D eigenvalue weighted by Crippen LogP contribution is -2.29. The molecule has 0 aliphatic carbocycles. The van der Waals surface area contributed by atoms with Gasteiger partial charge in [-0.3, -0.25) is 19.5 Å². The number of nitrogens with zero attached hydrogens (tertiary/aromatic N) is 3. The van der Waals surface area contributed by atoms with Gasteiger partial charge in [-0.2, -0.15) is 0 Å². The van der Waals surface area contributed by atoms with Crippen molar-refractivity contribution in [3.05, 3.63) is 88.7 Å². The Hall–Kier alpha value is -3.75. The molecular formula is C27H22ClN3O4S. The highest BCUT2D eigenvalue weighted by Crippen LogP contribution is 2.45. The number of hydrogen-bond donors (Lipinski definition) is 1. The van der Waals surface area contributed by atoms with Gasteiger partial charge in [-0.1, -0.05) is 48.4 Å². The number of unbranched alkanes of at least 4 members (excludes halogenated alkanes) is 1. The number of pyridine rings is 1. The van der Waals surface area contributed by atoms with Crippen LogP contribution in [0.3, 0.4) is 0 Å². The molecule has 0 saturated carbocycles. The topological polar surface area (TPSA) is 92.6 Å². The lowest BCUT2D eigenvalue weighted by Gasteiger charge is -2.23. The molecule has 0 radical (unpaired) electrons. The molecule has 3 heterocycles. The maximum atomic E-state index is 13.4. The third kappa shape index (κ3) is 4.45. The van der Waals surface area contributed by atoms with E-state index in [1.165, 1.54) is 28.6 Å². The van der Waals surface area contributed by atoms with Crippen LogP contribution >= 0.6 is 22.9 Å². The minimum atomic E-state index is -0.899. The maximum Gasteiger partial charge on any atom is 0.301 e. The van der Waals surface area contributed by atoms with Crippen LogP contribution in [0.15, 0.2) is 72.6 Å². The highest BCUT2D eigenvalue weighted by molar-refractivity contribution is 7.22. The van der Waals surface area contributed by atoms with Crippen LogP contribution in [0.1, 0.15) is 36.9 Å². The first kappa shape index (κ1) is 24.0. The van der Waals surface area contributed by atoms with E-state index < -0.39 is 17.7 Å². The predicted molar refractivity (Wildman–Crippen MR) is 140 cm³/mol. The lowest BCUT2D eigenvalue weighted by molar-refractivity contribution is -0.132. The molecule has 1 unspecified atom stereocenters. The fourth-order valence-corrected chi connectivity index (χ4v) is 5.38. The quantitative estimate of drug-likeness (QED) is 0.136. The summed E-state index contributed by atoms with van der Waals surface area (Å²) in [4.78, 5) is 36.7. The number of fused-ring (bicyclic) bond motifs is 1. The number of carbonyl (C=O) groups is 2. The van der Waals surface area contributed by atoms with Crippen molar-refractivity contribution in [1.29, 1.82) is 0 Å². The summed E-state index contributed by atoms with van der Waals surface area (Å²) in [6.45, 7) is 2.63. The molecule has 4 aromatic rings. The number of hydrogen-bond acceptors (Lipinski definition) is 7. The summed E-state index contributed by atoms with van der Waals surface area (Å²) in [6.07, 6.45) is 4.92. The Balaban J connectivity index is 1.67. The molecule has 1 saturated heterocycles. The van der Waals surface area contributed by atoms with Crippen LogP contribution in [-0.2, 0) is 9.59 Å². The Morgan fingerprint density at radius 1 is 1.14 bits per heavy atom. The maximum absolute atomic E-state index is 13.4. The van der Waals surface area contributed by atoms with Crippen LogP contribution in [0.4, 0.5) is 5.13 Å². The number of benzene rings is 2. The van der Waals surface area contributed by atoms with Gasteiger partial charge >= 0.3 is 5.91 Å². The van der Waals surface area contributed by atoms with E-state index in [1.807, 2.05) is 6.07 Å². The zero-order valence-electron chi connectivity index (χ0n) is 19.3. The van der Waals surface area contributed by atoms with Gasteiger partial charge in [0.05, 0.1) is 28.4 Å². The second-order valence-corrected chi connectivity index (χ2v) is 9.73. The van der Waals surface area contributed by atoms with Crippen molar-refractivity contribution in [3.63, 3.8) is 0 Å². The van der Waals surface area contributed by atoms with Gasteiger partial charge in [0.1, 0.15) is 11.5 Å². The summed E-state index contributed by atoms with van der Waals surface area (Å²) in [5, 5.41) is 12.1. The van der Waals surface area contributed by atoms with Gasteiger partial charge in [-0.05, 0) is 54.4 Å². The fourth-order valence-electron chi connectivity index (χ4n) is 4.11. The van der Waals surface area contributed by atoms with Gasteiger partial charge in [0.2, 0.25) is 0 Å². The summed E-state index contributed by atoms with van der Waals surface area (Å²) in [6, 6.07) is 14.8. The van der Waals surface area contributed by atoms with E-state index in [0.29, 0.717) is 39.2 Å². The number of amides is 1. The molecule has 0 bridgehead atoms. The summed E-state index contributed by atoms with van der Waals surface area (Å²) in [5.41, 5.74) is 1.65. The molecule has 36 heavy (non-hydrogen) atoms. The Bertz CT molecular complexity index is 1480. The summed E-state index contributed by atoms with van der Waals surface area (Å²) in [7, 11) is 0. The van der Waals surface area contributed by atoms with Crippen molar-refractivity contribution in [2.24, 2.45) is 0 Å². The Labute approximate surface area is 216 Å². The van der Waals surface area contributed by atoms with Crippen LogP contribution in [-0.4, -0.2) is 33.4 Å². The molecule has 1 N–H and O–H groups in total. The monoisotopic (exact) mass is 519 g/mol. The molecule has 9 heteroatoms. The van der Waals surface area contributed by atoms with Gasteiger partial charge in [-0.15, -0.1) is 0 Å². The standard InChI is InChI=1S/C27H22ClN3O4S/c1-2-3-13-35-19-6-4-5-17(14-19)23-22(24(32)16-9-11-29-12-10-16)25(33)26(34)31(23)27-30-20-8-7-18(28)15-21(20)36-27/h4-12,14-15,23,32H,2-3,13H2,1H3/b24-22+. The molecular weight excluding hydrogens is 498 g/mol. The number of halogens is 1. The van der Waals surface area contributed by atoms with Gasteiger partial charge in [0.25, 0.3) is 5.78 Å². The molecule has 1 amide bonds.